The third-order valence-electron chi connectivity index (χ3n) is 1.48. The molecule has 4 heteroatoms. The van der Waals surface area contributed by atoms with Gasteiger partial charge >= 0.3 is 0 Å². The van der Waals surface area contributed by atoms with Crippen molar-refractivity contribution in [2.45, 2.75) is 6.92 Å². The molecule has 0 aromatic carbocycles. The van der Waals surface area contributed by atoms with Crippen molar-refractivity contribution < 1.29 is 0 Å². The maximum absolute atomic E-state index is 5.59. The fraction of sp³-hybridized carbons (Fsp3) is 0.125. The Kier molecular flexibility index (Phi) is 2.50. The molecule has 0 saturated heterocycles. The van der Waals surface area contributed by atoms with E-state index < -0.39 is 0 Å². The van der Waals surface area contributed by atoms with Crippen LogP contribution in [0, 0.1) is 4.77 Å². The normalized spacial score (nSPS) is 13.8. The summed E-state index contributed by atoms with van der Waals surface area (Å²) in [6.45, 7) is 5.63. The molecule has 1 rings (SSSR count). The molecule has 12 heavy (non-hydrogen) atoms. The van der Waals surface area contributed by atoms with Crippen molar-refractivity contribution in [1.29, 1.82) is 0 Å². The number of imidazole rings is 1. The minimum atomic E-state index is 0.565. The van der Waals surface area contributed by atoms with E-state index in [0.29, 0.717) is 10.5 Å². The molecule has 64 valence electrons. The van der Waals surface area contributed by atoms with Crippen LogP contribution >= 0.6 is 12.2 Å². The molecule has 0 bridgehead atoms. The molecule has 0 aliphatic rings. The molecule has 0 spiro atoms. The average molecular weight is 181 g/mol. The van der Waals surface area contributed by atoms with E-state index in [1.54, 1.807) is 6.08 Å². The minimum Gasteiger partial charge on any atom is -0.399 e. The standard InChI is InChI=1S/C8H11N3S/c1-3-6(9)4-7-5(2)10-8(12)11-7/h3-4H,2,9H2,1H3,(H2,10,11,12)/b6-3+,7-4+. The van der Waals surface area contributed by atoms with Crippen molar-refractivity contribution in [3.8, 4) is 0 Å². The summed E-state index contributed by atoms with van der Waals surface area (Å²) in [6, 6.07) is 0. The third-order valence-corrected chi connectivity index (χ3v) is 1.69. The summed E-state index contributed by atoms with van der Waals surface area (Å²) < 4.78 is 0.565. The Morgan fingerprint density at radius 3 is 2.67 bits per heavy atom. The van der Waals surface area contributed by atoms with Gasteiger partial charge < -0.3 is 15.7 Å². The number of aromatic nitrogens is 2. The Balaban J connectivity index is 3.38. The van der Waals surface area contributed by atoms with Gasteiger partial charge in [0.2, 0.25) is 0 Å². The molecule has 0 fully saturated rings. The highest BCUT2D eigenvalue weighted by Gasteiger charge is 1.86. The fourth-order valence-electron chi connectivity index (χ4n) is 0.807. The van der Waals surface area contributed by atoms with Gasteiger partial charge in [0, 0.05) is 5.70 Å². The molecular weight excluding hydrogens is 170 g/mol. The van der Waals surface area contributed by atoms with Crippen LogP contribution in [-0.2, 0) is 0 Å². The maximum atomic E-state index is 5.59. The summed E-state index contributed by atoms with van der Waals surface area (Å²) in [7, 11) is 0. The van der Waals surface area contributed by atoms with Crippen molar-refractivity contribution in [1.82, 2.24) is 9.97 Å². The number of rotatable bonds is 1. The first-order chi connectivity index (χ1) is 5.63. The van der Waals surface area contributed by atoms with Crippen LogP contribution in [0.25, 0.3) is 12.7 Å². The first-order valence-corrected chi connectivity index (χ1v) is 3.95. The lowest BCUT2D eigenvalue weighted by Crippen LogP contribution is -2.23. The van der Waals surface area contributed by atoms with Crippen LogP contribution < -0.4 is 16.4 Å². The zero-order chi connectivity index (χ0) is 9.14. The lowest BCUT2D eigenvalue weighted by atomic mass is 10.4. The largest absolute Gasteiger partial charge is 0.399 e. The van der Waals surface area contributed by atoms with Gasteiger partial charge in [-0.25, -0.2) is 0 Å². The molecule has 0 atom stereocenters. The Labute approximate surface area is 75.3 Å². The second-order valence-electron chi connectivity index (χ2n) is 2.40. The molecule has 0 saturated carbocycles. The van der Waals surface area contributed by atoms with Crippen LogP contribution in [0.2, 0.25) is 0 Å². The van der Waals surface area contributed by atoms with Crippen molar-refractivity contribution >= 4 is 24.9 Å². The van der Waals surface area contributed by atoms with Gasteiger partial charge in [-0.15, -0.1) is 0 Å². The molecule has 1 aromatic heterocycles. The predicted molar refractivity (Wildman–Crippen MR) is 53.2 cm³/mol. The lowest BCUT2D eigenvalue weighted by molar-refractivity contribution is 1.24. The summed E-state index contributed by atoms with van der Waals surface area (Å²) in [5, 5.41) is 1.58. The monoisotopic (exact) mass is 181 g/mol. The number of hydrogen-bond acceptors (Lipinski definition) is 2. The number of aromatic amines is 2. The Hall–Kier alpha value is -1.29. The van der Waals surface area contributed by atoms with Gasteiger partial charge in [0.05, 0.1) is 10.7 Å². The smallest absolute Gasteiger partial charge is 0.175 e. The van der Waals surface area contributed by atoms with E-state index in [-0.39, 0.29) is 0 Å². The van der Waals surface area contributed by atoms with Gasteiger partial charge in [-0.1, -0.05) is 12.7 Å². The molecule has 0 radical (unpaired) electrons. The Bertz CT molecular complexity index is 449. The van der Waals surface area contributed by atoms with E-state index >= 15 is 0 Å². The quantitative estimate of drug-likeness (QED) is 0.539. The van der Waals surface area contributed by atoms with Crippen LogP contribution in [0.5, 0.6) is 0 Å². The van der Waals surface area contributed by atoms with Crippen LogP contribution in [0.3, 0.4) is 0 Å². The predicted octanol–water partition coefficient (Wildman–Crippen LogP) is 0.126. The number of nitrogens with one attached hydrogen (secondary N) is 2. The number of allylic oxidation sites excluding steroid dienone is 2. The van der Waals surface area contributed by atoms with Crippen LogP contribution in [0.1, 0.15) is 6.92 Å². The van der Waals surface area contributed by atoms with Gasteiger partial charge in [-0.05, 0) is 25.2 Å². The summed E-state index contributed by atoms with van der Waals surface area (Å²) in [4.78, 5) is 5.80. The van der Waals surface area contributed by atoms with Gasteiger partial charge in [0.1, 0.15) is 0 Å². The minimum absolute atomic E-state index is 0.565. The zero-order valence-corrected chi connectivity index (χ0v) is 7.66. The zero-order valence-electron chi connectivity index (χ0n) is 6.85. The number of nitrogens with two attached hydrogens (primary N) is 1. The van der Waals surface area contributed by atoms with Crippen molar-refractivity contribution in [2.75, 3.05) is 0 Å². The first-order valence-electron chi connectivity index (χ1n) is 3.54. The Morgan fingerprint density at radius 1 is 1.58 bits per heavy atom. The van der Waals surface area contributed by atoms with Gasteiger partial charge in [-0.2, -0.15) is 0 Å². The summed E-state index contributed by atoms with van der Waals surface area (Å²) in [6.07, 6.45) is 3.60. The number of hydrogen-bond donors (Lipinski definition) is 3. The van der Waals surface area contributed by atoms with E-state index in [0.717, 1.165) is 10.7 Å². The molecule has 0 aliphatic heterocycles. The highest BCUT2D eigenvalue weighted by Crippen LogP contribution is 1.81. The fourth-order valence-corrected chi connectivity index (χ4v) is 1.04. The van der Waals surface area contributed by atoms with Crippen LogP contribution in [-0.4, -0.2) is 9.97 Å². The Morgan fingerprint density at radius 2 is 2.25 bits per heavy atom. The van der Waals surface area contributed by atoms with E-state index in [9.17, 15) is 0 Å². The second kappa shape index (κ2) is 3.40. The second-order valence-corrected chi connectivity index (χ2v) is 2.81. The van der Waals surface area contributed by atoms with Crippen LogP contribution in [0.4, 0.5) is 0 Å². The van der Waals surface area contributed by atoms with Gasteiger partial charge in [0.25, 0.3) is 0 Å². The highest BCUT2D eigenvalue weighted by atomic mass is 32.1. The molecular formula is C8H11N3S. The topological polar surface area (TPSA) is 57.6 Å². The lowest BCUT2D eigenvalue weighted by Gasteiger charge is -1.85. The van der Waals surface area contributed by atoms with Crippen molar-refractivity contribution in [3.05, 3.63) is 27.2 Å². The molecule has 1 heterocycles. The van der Waals surface area contributed by atoms with Crippen molar-refractivity contribution in [2.24, 2.45) is 5.73 Å². The van der Waals surface area contributed by atoms with Crippen LogP contribution in [0.15, 0.2) is 11.8 Å². The molecule has 0 aliphatic carbocycles. The molecule has 3 nitrogen and oxygen atoms in total. The van der Waals surface area contributed by atoms with E-state index in [4.69, 9.17) is 18.0 Å². The summed E-state index contributed by atoms with van der Waals surface area (Å²) in [5.74, 6) is 0. The maximum Gasteiger partial charge on any atom is 0.175 e. The number of H-pyrrole nitrogens is 2. The average Bonchev–Trinajstić information content (AvgIpc) is 2.30. The third kappa shape index (κ3) is 1.85. The highest BCUT2D eigenvalue weighted by molar-refractivity contribution is 7.71. The van der Waals surface area contributed by atoms with Crippen molar-refractivity contribution in [3.63, 3.8) is 0 Å². The van der Waals surface area contributed by atoms with E-state index in [1.807, 2.05) is 13.0 Å². The van der Waals surface area contributed by atoms with Gasteiger partial charge in [0.15, 0.2) is 4.77 Å². The van der Waals surface area contributed by atoms with E-state index in [2.05, 4.69) is 16.5 Å². The van der Waals surface area contributed by atoms with Gasteiger partial charge in [-0.3, -0.25) is 0 Å². The molecule has 0 amide bonds. The molecule has 4 N–H and O–H groups in total. The summed E-state index contributed by atoms with van der Waals surface area (Å²) >= 11 is 4.88. The SMILES string of the molecule is C=c1[nH]c(=S)[nH]/c1=C/C(N)=C\C. The molecule has 0 unspecified atom stereocenters. The molecule has 1 aromatic rings. The van der Waals surface area contributed by atoms with E-state index in [1.165, 1.54) is 0 Å². The summed E-state index contributed by atoms with van der Waals surface area (Å²) in [5.41, 5.74) is 6.28. The first kappa shape index (κ1) is 8.80.